The van der Waals surface area contributed by atoms with Gasteiger partial charge in [0.25, 0.3) is 0 Å². The summed E-state index contributed by atoms with van der Waals surface area (Å²) in [5.41, 5.74) is 0. The molecule has 154 valence electrons. The van der Waals surface area contributed by atoms with Crippen molar-refractivity contribution in [1.29, 1.82) is 0 Å². The van der Waals surface area contributed by atoms with E-state index in [1.807, 2.05) is 0 Å². The molecule has 26 heavy (non-hydrogen) atoms. The molecular weight excluding hydrogens is 340 g/mol. The molecule has 3 N–H and O–H groups in total. The number of aliphatic hydroxyl groups excluding tert-OH is 3. The molecule has 7 heteroatoms. The van der Waals surface area contributed by atoms with Gasteiger partial charge in [0.1, 0.15) is 31.0 Å². The second-order valence-corrected chi connectivity index (χ2v) is 7.01. The molecule has 0 saturated carbocycles. The van der Waals surface area contributed by atoms with Gasteiger partial charge in [0.05, 0.1) is 0 Å². The summed E-state index contributed by atoms with van der Waals surface area (Å²) in [5, 5.41) is 28.8. The molecule has 1 aliphatic heterocycles. The van der Waals surface area contributed by atoms with Crippen molar-refractivity contribution < 1.29 is 34.3 Å². The molecule has 1 aliphatic rings. The molecule has 0 amide bonds. The van der Waals surface area contributed by atoms with Crippen LogP contribution < -0.4 is 0 Å². The van der Waals surface area contributed by atoms with Crippen LogP contribution in [0.5, 0.6) is 0 Å². The molecule has 0 aromatic rings. The van der Waals surface area contributed by atoms with Crippen LogP contribution in [-0.4, -0.2) is 65.7 Å². The van der Waals surface area contributed by atoms with Crippen molar-refractivity contribution in [2.45, 2.75) is 102 Å². The predicted octanol–water partition coefficient (Wildman–Crippen LogP) is 1.90. The zero-order valence-electron chi connectivity index (χ0n) is 16.1. The Hall–Kier alpha value is -0.730. The molecule has 1 fully saturated rings. The summed E-state index contributed by atoms with van der Waals surface area (Å²) in [6, 6.07) is 0. The van der Waals surface area contributed by atoms with Crippen LogP contribution in [0.3, 0.4) is 0 Å². The van der Waals surface area contributed by atoms with Gasteiger partial charge in [-0.1, -0.05) is 58.3 Å². The minimum Gasteiger partial charge on any atom is -0.463 e. The van der Waals surface area contributed by atoms with Crippen LogP contribution in [0.15, 0.2) is 0 Å². The van der Waals surface area contributed by atoms with Crippen molar-refractivity contribution in [3.8, 4) is 0 Å². The highest BCUT2D eigenvalue weighted by Gasteiger charge is 2.46. The number of hydrogen-bond acceptors (Lipinski definition) is 7. The van der Waals surface area contributed by atoms with Gasteiger partial charge < -0.3 is 29.5 Å². The Balaban J connectivity index is 2.10. The maximum atomic E-state index is 11.8. The van der Waals surface area contributed by atoms with Crippen molar-refractivity contribution >= 4 is 5.97 Å². The second-order valence-electron chi connectivity index (χ2n) is 7.01. The first kappa shape index (κ1) is 23.3. The highest BCUT2D eigenvalue weighted by molar-refractivity contribution is 5.69. The van der Waals surface area contributed by atoms with E-state index in [0.717, 1.165) is 19.3 Å². The highest BCUT2D eigenvalue weighted by Crippen LogP contribution is 2.23. The minimum absolute atomic E-state index is 0.0894. The number of unbranched alkanes of at least 4 members (excludes halogenated alkanes) is 8. The van der Waals surface area contributed by atoms with E-state index in [1.165, 1.54) is 45.6 Å². The van der Waals surface area contributed by atoms with Gasteiger partial charge in [0.2, 0.25) is 0 Å². The Labute approximate surface area is 156 Å². The summed E-state index contributed by atoms with van der Waals surface area (Å²) >= 11 is 0. The lowest BCUT2D eigenvalue weighted by atomic mass is 10.1. The summed E-state index contributed by atoms with van der Waals surface area (Å²) in [4.78, 5) is 11.8. The quantitative estimate of drug-likeness (QED) is 0.314. The van der Waals surface area contributed by atoms with Gasteiger partial charge in [-0.2, -0.15) is 0 Å². The van der Waals surface area contributed by atoms with Gasteiger partial charge in [-0.15, -0.1) is 0 Å². The van der Waals surface area contributed by atoms with Crippen LogP contribution in [0, 0.1) is 0 Å². The third-order valence-electron chi connectivity index (χ3n) is 4.84. The van der Waals surface area contributed by atoms with E-state index in [0.29, 0.717) is 6.42 Å². The van der Waals surface area contributed by atoms with Gasteiger partial charge in [-0.05, 0) is 6.42 Å². The van der Waals surface area contributed by atoms with E-state index in [-0.39, 0.29) is 12.6 Å². The normalized spacial score (nSPS) is 26.8. The Morgan fingerprint density at radius 3 is 2.04 bits per heavy atom. The topological polar surface area (TPSA) is 105 Å². The Morgan fingerprint density at radius 2 is 1.54 bits per heavy atom. The van der Waals surface area contributed by atoms with E-state index in [4.69, 9.17) is 14.2 Å². The molecule has 0 aromatic carbocycles. The molecule has 7 nitrogen and oxygen atoms in total. The fourth-order valence-corrected chi connectivity index (χ4v) is 3.12. The van der Waals surface area contributed by atoms with Crippen molar-refractivity contribution in [3.63, 3.8) is 0 Å². The van der Waals surface area contributed by atoms with Crippen LogP contribution in [0.2, 0.25) is 0 Å². The Morgan fingerprint density at radius 1 is 0.962 bits per heavy atom. The third kappa shape index (κ3) is 8.31. The number of hydrogen-bond donors (Lipinski definition) is 3. The first-order chi connectivity index (χ1) is 12.5. The van der Waals surface area contributed by atoms with Crippen LogP contribution in [0.4, 0.5) is 0 Å². The average Bonchev–Trinajstić information content (AvgIpc) is 2.88. The zero-order chi connectivity index (χ0) is 19.4. The summed E-state index contributed by atoms with van der Waals surface area (Å²) < 4.78 is 15.4. The molecule has 0 radical (unpaired) electrons. The lowest BCUT2D eigenvalue weighted by Gasteiger charge is -2.23. The van der Waals surface area contributed by atoms with E-state index in [2.05, 4.69) is 6.92 Å². The van der Waals surface area contributed by atoms with Crippen molar-refractivity contribution in [3.05, 3.63) is 0 Å². The van der Waals surface area contributed by atoms with Gasteiger partial charge in [-0.3, -0.25) is 4.79 Å². The maximum absolute atomic E-state index is 11.8. The fourth-order valence-electron chi connectivity index (χ4n) is 3.12. The molecule has 5 atom stereocenters. The standard InChI is InChI=1S/C19H36O7/c1-3-4-5-6-7-8-9-10-11-12-15(20)25-13-14(24-2)18-16(21)17(22)19(23)26-18/h14,16-19,21-23H,3-13H2,1-2H3/t14-,16+,17-,18-,19?/m1/s1. The fraction of sp³-hybridized carbons (Fsp3) is 0.947. The molecule has 0 spiro atoms. The summed E-state index contributed by atoms with van der Waals surface area (Å²) in [6.07, 6.45) is 5.14. The predicted molar refractivity (Wildman–Crippen MR) is 96.5 cm³/mol. The van der Waals surface area contributed by atoms with Gasteiger partial charge in [0.15, 0.2) is 6.29 Å². The summed E-state index contributed by atoms with van der Waals surface area (Å²) in [5.74, 6) is -0.316. The van der Waals surface area contributed by atoms with Gasteiger partial charge >= 0.3 is 5.97 Å². The molecule has 1 rings (SSSR count). The van der Waals surface area contributed by atoms with E-state index < -0.39 is 30.7 Å². The molecular formula is C19H36O7. The zero-order valence-corrected chi connectivity index (χ0v) is 16.1. The highest BCUT2D eigenvalue weighted by atomic mass is 16.7. The van der Waals surface area contributed by atoms with Crippen LogP contribution in [-0.2, 0) is 19.0 Å². The van der Waals surface area contributed by atoms with Crippen molar-refractivity contribution in [1.82, 2.24) is 0 Å². The van der Waals surface area contributed by atoms with Gasteiger partial charge in [-0.25, -0.2) is 0 Å². The van der Waals surface area contributed by atoms with Crippen LogP contribution in [0.25, 0.3) is 0 Å². The number of carbonyl (C=O) groups is 1. The van der Waals surface area contributed by atoms with Gasteiger partial charge in [0, 0.05) is 13.5 Å². The Kier molecular flexibility index (Phi) is 12.0. The molecule has 1 saturated heterocycles. The van der Waals surface area contributed by atoms with Crippen LogP contribution in [0.1, 0.15) is 71.1 Å². The number of carbonyl (C=O) groups excluding carboxylic acids is 1. The van der Waals surface area contributed by atoms with Crippen molar-refractivity contribution in [2.24, 2.45) is 0 Å². The SMILES string of the molecule is CCCCCCCCCCCC(=O)OC[C@@H](OC)[C@H]1OC(O)[C@H](O)[C@@H]1O. The number of methoxy groups -OCH3 is 1. The number of aliphatic hydroxyl groups is 3. The molecule has 0 bridgehead atoms. The molecule has 0 aromatic heterocycles. The molecule has 0 aliphatic carbocycles. The van der Waals surface area contributed by atoms with Crippen LogP contribution >= 0.6 is 0 Å². The number of ether oxygens (including phenoxy) is 3. The molecule has 1 heterocycles. The summed E-state index contributed by atoms with van der Waals surface area (Å²) in [7, 11) is 1.40. The molecule has 1 unspecified atom stereocenters. The number of esters is 1. The second kappa shape index (κ2) is 13.4. The Bertz CT molecular complexity index is 377. The maximum Gasteiger partial charge on any atom is 0.305 e. The minimum atomic E-state index is -1.47. The average molecular weight is 376 g/mol. The monoisotopic (exact) mass is 376 g/mol. The lowest BCUT2D eigenvalue weighted by molar-refractivity contribution is -0.167. The number of rotatable bonds is 14. The first-order valence-electron chi connectivity index (χ1n) is 9.89. The first-order valence-corrected chi connectivity index (χ1v) is 9.89. The third-order valence-corrected chi connectivity index (χ3v) is 4.84. The van der Waals surface area contributed by atoms with E-state index >= 15 is 0 Å². The van der Waals surface area contributed by atoms with E-state index in [1.54, 1.807) is 0 Å². The lowest BCUT2D eigenvalue weighted by Crippen LogP contribution is -2.42. The largest absolute Gasteiger partial charge is 0.463 e. The van der Waals surface area contributed by atoms with E-state index in [9.17, 15) is 20.1 Å². The smallest absolute Gasteiger partial charge is 0.305 e. The van der Waals surface area contributed by atoms with Crippen molar-refractivity contribution in [2.75, 3.05) is 13.7 Å². The summed E-state index contributed by atoms with van der Waals surface area (Å²) in [6.45, 7) is 2.12.